The van der Waals surface area contributed by atoms with Crippen molar-refractivity contribution < 1.29 is 0 Å². The third-order valence-electron chi connectivity index (χ3n) is 5.54. The second-order valence-electron chi connectivity index (χ2n) is 7.87. The van der Waals surface area contributed by atoms with Crippen LogP contribution in [0.4, 0.5) is 0 Å². The molecule has 2 atom stereocenters. The minimum atomic E-state index is 0.394. The zero-order chi connectivity index (χ0) is 15.1. The van der Waals surface area contributed by atoms with Crippen LogP contribution in [0.3, 0.4) is 0 Å². The van der Waals surface area contributed by atoms with Gasteiger partial charge in [-0.1, -0.05) is 51.4 Å². The summed E-state index contributed by atoms with van der Waals surface area (Å²) in [6, 6.07) is 1.67. The maximum absolute atomic E-state index is 6.65. The minimum absolute atomic E-state index is 0.394. The summed E-state index contributed by atoms with van der Waals surface area (Å²) in [7, 11) is 0. The topological polar surface area (TPSA) is 29.3 Å². The molecule has 124 valence electrons. The molecule has 0 aromatic heterocycles. The lowest BCUT2D eigenvalue weighted by Gasteiger charge is -2.39. The molecule has 2 aliphatic carbocycles. The Hall–Kier alpha value is -0.0800. The Bertz CT molecular complexity index is 273. The first kappa shape index (κ1) is 17.3. The van der Waals surface area contributed by atoms with E-state index < -0.39 is 0 Å². The highest BCUT2D eigenvalue weighted by molar-refractivity contribution is 4.88. The average Bonchev–Trinajstić information content (AvgIpc) is 3.25. The first-order valence-electron chi connectivity index (χ1n) is 9.70. The molecular formula is C19H38N2. The molecule has 2 fully saturated rings. The van der Waals surface area contributed by atoms with Crippen molar-refractivity contribution in [1.29, 1.82) is 0 Å². The van der Waals surface area contributed by atoms with Crippen molar-refractivity contribution in [3.8, 4) is 0 Å². The third-order valence-corrected chi connectivity index (χ3v) is 5.54. The molecule has 0 spiro atoms. The Kier molecular flexibility index (Phi) is 7.53. The van der Waals surface area contributed by atoms with Crippen LogP contribution in [-0.4, -0.2) is 29.6 Å². The standard InChI is InChI=1S/C19H38N2/c1-16(2)21(15-17-13-14-17)19-12-10-8-6-4-3-5-7-9-11-18(19)20/h16-19H,3-15,20H2,1-2H3. The van der Waals surface area contributed by atoms with Crippen LogP contribution in [0.5, 0.6) is 0 Å². The zero-order valence-corrected chi connectivity index (χ0v) is 14.5. The number of hydrogen-bond donors (Lipinski definition) is 1. The fourth-order valence-electron chi connectivity index (χ4n) is 3.94. The van der Waals surface area contributed by atoms with Crippen molar-refractivity contribution in [2.45, 2.75) is 109 Å². The molecule has 2 N–H and O–H groups in total. The van der Waals surface area contributed by atoms with Gasteiger partial charge in [0.15, 0.2) is 0 Å². The van der Waals surface area contributed by atoms with Gasteiger partial charge < -0.3 is 5.73 Å². The van der Waals surface area contributed by atoms with E-state index in [4.69, 9.17) is 5.73 Å². The molecule has 2 aliphatic rings. The Morgan fingerprint density at radius 1 is 0.810 bits per heavy atom. The fraction of sp³-hybridized carbons (Fsp3) is 1.00. The number of hydrogen-bond acceptors (Lipinski definition) is 2. The van der Waals surface area contributed by atoms with Gasteiger partial charge in [0.25, 0.3) is 0 Å². The molecule has 2 nitrogen and oxygen atoms in total. The molecule has 21 heavy (non-hydrogen) atoms. The van der Waals surface area contributed by atoms with Gasteiger partial charge in [-0.25, -0.2) is 0 Å². The Morgan fingerprint density at radius 2 is 1.33 bits per heavy atom. The molecule has 0 aliphatic heterocycles. The molecule has 2 unspecified atom stereocenters. The highest BCUT2D eigenvalue weighted by Gasteiger charge is 2.32. The van der Waals surface area contributed by atoms with E-state index in [1.807, 2.05) is 0 Å². The molecule has 0 amide bonds. The second kappa shape index (κ2) is 9.15. The molecule has 0 heterocycles. The van der Waals surface area contributed by atoms with E-state index in [1.54, 1.807) is 0 Å². The van der Waals surface area contributed by atoms with Crippen molar-refractivity contribution in [2.75, 3.05) is 6.54 Å². The summed E-state index contributed by atoms with van der Waals surface area (Å²) in [5.74, 6) is 0.973. The number of rotatable bonds is 4. The van der Waals surface area contributed by atoms with E-state index in [9.17, 15) is 0 Å². The molecule has 0 aromatic rings. The molecule has 0 bridgehead atoms. The van der Waals surface area contributed by atoms with Gasteiger partial charge in [-0.15, -0.1) is 0 Å². The van der Waals surface area contributed by atoms with Crippen LogP contribution in [0, 0.1) is 5.92 Å². The van der Waals surface area contributed by atoms with Crippen molar-refractivity contribution >= 4 is 0 Å². The maximum atomic E-state index is 6.65. The van der Waals surface area contributed by atoms with E-state index in [2.05, 4.69) is 18.7 Å². The Labute approximate surface area is 132 Å². The third kappa shape index (κ3) is 6.28. The lowest BCUT2D eigenvalue weighted by molar-refractivity contribution is 0.111. The Balaban J connectivity index is 1.94. The minimum Gasteiger partial charge on any atom is -0.326 e. The van der Waals surface area contributed by atoms with Gasteiger partial charge in [0, 0.05) is 24.7 Å². The van der Waals surface area contributed by atoms with Crippen LogP contribution in [-0.2, 0) is 0 Å². The predicted octanol–water partition coefficient (Wildman–Crippen LogP) is 4.72. The van der Waals surface area contributed by atoms with Crippen molar-refractivity contribution in [2.24, 2.45) is 11.7 Å². The van der Waals surface area contributed by atoms with Crippen LogP contribution in [0.25, 0.3) is 0 Å². The van der Waals surface area contributed by atoms with Gasteiger partial charge in [-0.05, 0) is 45.4 Å². The molecule has 0 radical (unpaired) electrons. The first-order valence-corrected chi connectivity index (χ1v) is 9.70. The molecule has 2 heteroatoms. The van der Waals surface area contributed by atoms with E-state index >= 15 is 0 Å². The van der Waals surface area contributed by atoms with E-state index in [1.165, 1.54) is 83.6 Å². The van der Waals surface area contributed by atoms with Gasteiger partial charge >= 0.3 is 0 Å². The van der Waals surface area contributed by atoms with Crippen LogP contribution >= 0.6 is 0 Å². The van der Waals surface area contributed by atoms with Crippen LogP contribution in [0.2, 0.25) is 0 Å². The van der Waals surface area contributed by atoms with Gasteiger partial charge in [0.1, 0.15) is 0 Å². The number of nitrogens with zero attached hydrogens (tertiary/aromatic N) is 1. The summed E-state index contributed by atoms with van der Waals surface area (Å²) in [5.41, 5.74) is 6.65. The summed E-state index contributed by atoms with van der Waals surface area (Å²) in [4.78, 5) is 2.76. The smallest absolute Gasteiger partial charge is 0.0250 e. The van der Waals surface area contributed by atoms with Crippen molar-refractivity contribution in [1.82, 2.24) is 4.90 Å². The quantitative estimate of drug-likeness (QED) is 0.813. The summed E-state index contributed by atoms with van der Waals surface area (Å²) >= 11 is 0. The summed E-state index contributed by atoms with van der Waals surface area (Å²) < 4.78 is 0. The Morgan fingerprint density at radius 3 is 1.86 bits per heavy atom. The fourth-order valence-corrected chi connectivity index (χ4v) is 3.94. The van der Waals surface area contributed by atoms with Gasteiger partial charge in [0.05, 0.1) is 0 Å². The van der Waals surface area contributed by atoms with Crippen LogP contribution < -0.4 is 5.73 Å². The summed E-state index contributed by atoms with van der Waals surface area (Å²) in [5, 5.41) is 0. The highest BCUT2D eigenvalue weighted by atomic mass is 15.2. The summed E-state index contributed by atoms with van der Waals surface area (Å²) in [6.07, 6.45) is 16.7. The molecule has 0 saturated heterocycles. The van der Waals surface area contributed by atoms with Gasteiger partial charge in [-0.2, -0.15) is 0 Å². The van der Waals surface area contributed by atoms with Gasteiger partial charge in [0.2, 0.25) is 0 Å². The first-order chi connectivity index (χ1) is 10.2. The summed E-state index contributed by atoms with van der Waals surface area (Å²) in [6.45, 7) is 6.03. The predicted molar refractivity (Wildman–Crippen MR) is 92.5 cm³/mol. The molecule has 2 rings (SSSR count). The average molecular weight is 295 g/mol. The van der Waals surface area contributed by atoms with Gasteiger partial charge in [-0.3, -0.25) is 4.90 Å². The second-order valence-corrected chi connectivity index (χ2v) is 7.87. The number of nitrogens with two attached hydrogens (primary N) is 1. The normalized spacial score (nSPS) is 30.1. The monoisotopic (exact) mass is 294 g/mol. The van der Waals surface area contributed by atoms with E-state index in [0.29, 0.717) is 18.1 Å². The lowest BCUT2D eigenvalue weighted by atomic mass is 9.92. The van der Waals surface area contributed by atoms with E-state index in [0.717, 1.165) is 5.92 Å². The largest absolute Gasteiger partial charge is 0.326 e. The molecular weight excluding hydrogens is 256 g/mol. The van der Waals surface area contributed by atoms with Crippen molar-refractivity contribution in [3.63, 3.8) is 0 Å². The lowest BCUT2D eigenvalue weighted by Crippen LogP contribution is -2.51. The van der Waals surface area contributed by atoms with Crippen LogP contribution in [0.1, 0.15) is 90.9 Å². The van der Waals surface area contributed by atoms with E-state index in [-0.39, 0.29) is 0 Å². The molecule has 2 saturated carbocycles. The highest BCUT2D eigenvalue weighted by Crippen LogP contribution is 2.32. The molecule has 0 aromatic carbocycles. The zero-order valence-electron chi connectivity index (χ0n) is 14.5. The van der Waals surface area contributed by atoms with Crippen LogP contribution in [0.15, 0.2) is 0 Å². The van der Waals surface area contributed by atoms with Crippen molar-refractivity contribution in [3.05, 3.63) is 0 Å². The maximum Gasteiger partial charge on any atom is 0.0250 e. The SMILES string of the molecule is CC(C)N(CC1CC1)C1CCCCCCCCCCC1N.